The summed E-state index contributed by atoms with van der Waals surface area (Å²) in [6.07, 6.45) is 1.62. The van der Waals surface area contributed by atoms with Gasteiger partial charge in [0.15, 0.2) is 5.82 Å². The van der Waals surface area contributed by atoms with Crippen molar-refractivity contribution in [3.63, 3.8) is 0 Å². The molecule has 1 aromatic heterocycles. The van der Waals surface area contributed by atoms with Crippen LogP contribution >= 0.6 is 0 Å². The first-order chi connectivity index (χ1) is 8.69. The monoisotopic (exact) mass is 268 g/mol. The van der Waals surface area contributed by atoms with Crippen molar-refractivity contribution < 1.29 is 13.1 Å². The van der Waals surface area contributed by atoms with Gasteiger partial charge in [-0.05, 0) is 24.6 Å². The number of hydrogen-bond acceptors (Lipinski definition) is 4. The predicted octanol–water partition coefficient (Wildman–Crippen LogP) is 2.47. The van der Waals surface area contributed by atoms with Gasteiger partial charge in [0, 0.05) is 11.3 Å². The van der Waals surface area contributed by atoms with Crippen LogP contribution in [-0.4, -0.2) is 14.3 Å². The minimum atomic E-state index is -1.36. The van der Waals surface area contributed by atoms with E-state index in [0.717, 1.165) is 6.42 Å². The molecule has 0 saturated heterocycles. The van der Waals surface area contributed by atoms with Crippen LogP contribution in [0, 0.1) is 5.82 Å². The summed E-state index contributed by atoms with van der Waals surface area (Å²) < 4.78 is 29.9. The average molecular weight is 268 g/mol. The van der Waals surface area contributed by atoms with Gasteiger partial charge in [0.25, 0.3) is 0 Å². The van der Waals surface area contributed by atoms with Crippen LogP contribution in [0.3, 0.4) is 0 Å². The van der Waals surface area contributed by atoms with Crippen LogP contribution in [0.5, 0.6) is 0 Å². The van der Waals surface area contributed by atoms with E-state index in [1.807, 2.05) is 6.92 Å². The Morgan fingerprint density at radius 1 is 1.44 bits per heavy atom. The summed E-state index contributed by atoms with van der Waals surface area (Å²) >= 11 is 0. The number of aromatic nitrogens is 2. The molecule has 0 aliphatic heterocycles. The fourth-order valence-electron chi connectivity index (χ4n) is 1.47. The van der Waals surface area contributed by atoms with Crippen molar-refractivity contribution in [2.45, 2.75) is 30.4 Å². The number of rotatable bonds is 5. The Balaban J connectivity index is 2.06. The largest absolute Gasteiger partial charge is 0.339 e. The van der Waals surface area contributed by atoms with Crippen LogP contribution < -0.4 is 0 Å². The van der Waals surface area contributed by atoms with Gasteiger partial charge in [0.1, 0.15) is 5.82 Å². The number of hydrogen-bond donors (Lipinski definition) is 0. The standard InChI is InChI=1S/C12H13FN2O2S/c1-2-4-12-14-11(15-17-12)8-18(16)10-6-3-5-9(13)7-10/h3,5-7H,2,4,8H2,1H3. The molecule has 0 N–H and O–H groups in total. The molecule has 4 nitrogen and oxygen atoms in total. The maximum atomic E-state index is 13.0. The third kappa shape index (κ3) is 3.22. The molecule has 0 saturated carbocycles. The summed E-state index contributed by atoms with van der Waals surface area (Å²) in [5, 5.41) is 3.75. The number of benzene rings is 1. The van der Waals surface area contributed by atoms with Crippen LogP contribution in [0.1, 0.15) is 25.1 Å². The zero-order chi connectivity index (χ0) is 13.0. The van der Waals surface area contributed by atoms with E-state index in [1.54, 1.807) is 6.07 Å². The van der Waals surface area contributed by atoms with Crippen molar-refractivity contribution in [2.24, 2.45) is 0 Å². The molecule has 0 aliphatic rings. The van der Waals surface area contributed by atoms with Crippen molar-refractivity contribution in [3.8, 4) is 0 Å². The highest BCUT2D eigenvalue weighted by Crippen LogP contribution is 2.12. The molecular formula is C12H13FN2O2S. The highest BCUT2D eigenvalue weighted by atomic mass is 32.2. The van der Waals surface area contributed by atoms with Gasteiger partial charge in [-0.25, -0.2) is 4.39 Å². The lowest BCUT2D eigenvalue weighted by Gasteiger charge is -1.98. The molecule has 1 aromatic carbocycles. The average Bonchev–Trinajstić information content (AvgIpc) is 2.77. The second-order valence-electron chi connectivity index (χ2n) is 3.80. The van der Waals surface area contributed by atoms with Gasteiger partial charge < -0.3 is 4.52 Å². The number of nitrogens with zero attached hydrogens (tertiary/aromatic N) is 2. The normalized spacial score (nSPS) is 12.6. The number of halogens is 1. The SMILES string of the molecule is CCCc1nc(CS(=O)c2cccc(F)c2)no1. The Morgan fingerprint density at radius 2 is 2.28 bits per heavy atom. The van der Waals surface area contributed by atoms with Gasteiger partial charge in [-0.15, -0.1) is 0 Å². The summed E-state index contributed by atoms with van der Waals surface area (Å²) in [6, 6.07) is 5.71. The summed E-state index contributed by atoms with van der Waals surface area (Å²) in [6.45, 7) is 2.01. The highest BCUT2D eigenvalue weighted by Gasteiger charge is 2.11. The van der Waals surface area contributed by atoms with Gasteiger partial charge in [-0.1, -0.05) is 18.1 Å². The van der Waals surface area contributed by atoms with Gasteiger partial charge in [0.05, 0.1) is 16.6 Å². The second-order valence-corrected chi connectivity index (χ2v) is 5.25. The van der Waals surface area contributed by atoms with Crippen LogP contribution in [0.25, 0.3) is 0 Å². The fourth-order valence-corrected chi connectivity index (χ4v) is 2.47. The smallest absolute Gasteiger partial charge is 0.226 e. The molecule has 0 aliphatic carbocycles. The van der Waals surface area contributed by atoms with Crippen LogP contribution in [0.2, 0.25) is 0 Å². The van der Waals surface area contributed by atoms with Crippen molar-refractivity contribution in [3.05, 3.63) is 41.8 Å². The van der Waals surface area contributed by atoms with Crippen molar-refractivity contribution in [2.75, 3.05) is 0 Å². The maximum Gasteiger partial charge on any atom is 0.226 e. The van der Waals surface area contributed by atoms with E-state index in [0.29, 0.717) is 23.0 Å². The minimum Gasteiger partial charge on any atom is -0.339 e. The molecule has 1 unspecified atom stereocenters. The predicted molar refractivity (Wildman–Crippen MR) is 64.8 cm³/mol. The first-order valence-corrected chi connectivity index (χ1v) is 6.96. The molecule has 0 spiro atoms. The summed E-state index contributed by atoms with van der Waals surface area (Å²) in [4.78, 5) is 4.55. The molecule has 2 rings (SSSR count). The van der Waals surface area contributed by atoms with E-state index < -0.39 is 16.6 Å². The van der Waals surface area contributed by atoms with Crippen LogP contribution in [0.4, 0.5) is 4.39 Å². The summed E-state index contributed by atoms with van der Waals surface area (Å²) in [5.41, 5.74) is 0. The molecule has 0 bridgehead atoms. The van der Waals surface area contributed by atoms with E-state index in [2.05, 4.69) is 10.1 Å². The zero-order valence-corrected chi connectivity index (χ0v) is 10.7. The molecule has 0 amide bonds. The number of aryl methyl sites for hydroxylation is 1. The van der Waals surface area contributed by atoms with Crippen LogP contribution in [-0.2, 0) is 23.0 Å². The second kappa shape index (κ2) is 5.86. The molecule has 0 radical (unpaired) electrons. The lowest BCUT2D eigenvalue weighted by atomic mass is 10.3. The summed E-state index contributed by atoms with van der Waals surface area (Å²) in [7, 11) is -1.36. The van der Waals surface area contributed by atoms with Crippen molar-refractivity contribution in [1.29, 1.82) is 0 Å². The summed E-state index contributed by atoms with van der Waals surface area (Å²) in [5.74, 6) is 0.668. The quantitative estimate of drug-likeness (QED) is 0.836. The fraction of sp³-hybridized carbons (Fsp3) is 0.333. The molecule has 1 atom stereocenters. The molecular weight excluding hydrogens is 255 g/mol. The van der Waals surface area contributed by atoms with E-state index >= 15 is 0 Å². The zero-order valence-electron chi connectivity index (χ0n) is 9.93. The van der Waals surface area contributed by atoms with Crippen molar-refractivity contribution in [1.82, 2.24) is 10.1 Å². The molecule has 96 valence electrons. The van der Waals surface area contributed by atoms with E-state index in [-0.39, 0.29) is 5.75 Å². The third-order valence-corrected chi connectivity index (χ3v) is 3.59. The molecule has 0 fully saturated rings. The lowest BCUT2D eigenvalue weighted by molar-refractivity contribution is 0.373. The lowest BCUT2D eigenvalue weighted by Crippen LogP contribution is -1.99. The van der Waals surface area contributed by atoms with Gasteiger partial charge in [0.2, 0.25) is 5.89 Å². The minimum absolute atomic E-state index is 0.136. The van der Waals surface area contributed by atoms with E-state index in [4.69, 9.17) is 4.52 Å². The van der Waals surface area contributed by atoms with Crippen molar-refractivity contribution >= 4 is 10.8 Å². The first-order valence-electron chi connectivity index (χ1n) is 5.64. The Hall–Kier alpha value is -1.56. The van der Waals surface area contributed by atoms with Gasteiger partial charge in [-0.2, -0.15) is 4.98 Å². The first kappa shape index (κ1) is 12.9. The van der Waals surface area contributed by atoms with Crippen LogP contribution in [0.15, 0.2) is 33.7 Å². The Morgan fingerprint density at radius 3 is 3.00 bits per heavy atom. The van der Waals surface area contributed by atoms with Gasteiger partial charge in [-0.3, -0.25) is 4.21 Å². The molecule has 1 heterocycles. The Labute approximate surface area is 107 Å². The molecule has 18 heavy (non-hydrogen) atoms. The highest BCUT2D eigenvalue weighted by molar-refractivity contribution is 7.84. The van der Waals surface area contributed by atoms with Gasteiger partial charge >= 0.3 is 0 Å². The van der Waals surface area contributed by atoms with E-state index in [1.165, 1.54) is 18.2 Å². The van der Waals surface area contributed by atoms with E-state index in [9.17, 15) is 8.60 Å². The Bertz CT molecular complexity index is 557. The Kier molecular flexibility index (Phi) is 4.19. The maximum absolute atomic E-state index is 13.0. The molecule has 2 aromatic rings. The molecule has 6 heteroatoms. The third-order valence-electron chi connectivity index (χ3n) is 2.29. The topological polar surface area (TPSA) is 56.0 Å².